The summed E-state index contributed by atoms with van der Waals surface area (Å²) in [6.45, 7) is 4.37. The van der Waals surface area contributed by atoms with Crippen molar-refractivity contribution in [2.45, 2.75) is 19.9 Å². The van der Waals surface area contributed by atoms with Gasteiger partial charge >= 0.3 is 0 Å². The van der Waals surface area contributed by atoms with Crippen molar-refractivity contribution >= 4 is 33.2 Å². The Morgan fingerprint density at radius 3 is 1.67 bits per heavy atom. The first-order chi connectivity index (χ1) is 8.58. The maximum atomic E-state index is 5.90. The molecule has 0 atom stereocenters. The average Bonchev–Trinajstić information content (AvgIpc) is 2.62. The molecule has 2 aromatic carbocycles. The molecule has 3 rings (SSSR count). The molecule has 0 fully saturated rings. The van der Waals surface area contributed by atoms with E-state index < -0.39 is 0 Å². The van der Waals surface area contributed by atoms with Crippen molar-refractivity contribution in [2.24, 2.45) is 0 Å². The molecule has 3 nitrogen and oxygen atoms in total. The third-order valence-electron chi connectivity index (χ3n) is 3.37. The first-order valence-electron chi connectivity index (χ1n) is 6.16. The van der Waals surface area contributed by atoms with Gasteiger partial charge in [-0.15, -0.1) is 0 Å². The number of rotatable bonds is 1. The normalized spacial score (nSPS) is 11.7. The van der Waals surface area contributed by atoms with Crippen molar-refractivity contribution in [2.75, 3.05) is 11.5 Å². The minimum atomic E-state index is 0.400. The van der Waals surface area contributed by atoms with E-state index in [2.05, 4.69) is 30.5 Å². The smallest absolute Gasteiger partial charge is 0.0495 e. The van der Waals surface area contributed by atoms with Crippen molar-refractivity contribution in [1.29, 1.82) is 0 Å². The molecule has 0 spiro atoms. The molecular formula is C15H17N3. The number of fused-ring (bicyclic) bond motifs is 3. The summed E-state index contributed by atoms with van der Waals surface area (Å²) < 4.78 is 2.32. The van der Waals surface area contributed by atoms with Gasteiger partial charge in [0.1, 0.15) is 0 Å². The van der Waals surface area contributed by atoms with E-state index in [-0.39, 0.29) is 0 Å². The summed E-state index contributed by atoms with van der Waals surface area (Å²) in [5.41, 5.74) is 15.8. The molecule has 0 bridgehead atoms. The zero-order valence-corrected chi connectivity index (χ0v) is 10.6. The highest BCUT2D eigenvalue weighted by atomic mass is 15.0. The second-order valence-electron chi connectivity index (χ2n) is 5.02. The van der Waals surface area contributed by atoms with Crippen LogP contribution in [0.25, 0.3) is 21.8 Å². The lowest BCUT2D eigenvalue weighted by Crippen LogP contribution is -1.99. The molecule has 3 heteroatoms. The fourth-order valence-corrected chi connectivity index (χ4v) is 2.65. The monoisotopic (exact) mass is 239 g/mol. The molecule has 1 aromatic heterocycles. The van der Waals surface area contributed by atoms with Crippen LogP contribution in [-0.4, -0.2) is 4.57 Å². The topological polar surface area (TPSA) is 57.0 Å². The summed E-state index contributed by atoms with van der Waals surface area (Å²) in [5.74, 6) is 0. The van der Waals surface area contributed by atoms with Crippen LogP contribution in [0, 0.1) is 0 Å². The number of aromatic nitrogens is 1. The molecular weight excluding hydrogens is 222 g/mol. The summed E-state index contributed by atoms with van der Waals surface area (Å²) in [6.07, 6.45) is 0. The van der Waals surface area contributed by atoms with Crippen molar-refractivity contribution in [3.63, 3.8) is 0 Å². The van der Waals surface area contributed by atoms with Crippen molar-refractivity contribution in [3.05, 3.63) is 36.4 Å². The third kappa shape index (κ3) is 1.44. The van der Waals surface area contributed by atoms with Crippen LogP contribution < -0.4 is 11.5 Å². The van der Waals surface area contributed by atoms with E-state index >= 15 is 0 Å². The second-order valence-corrected chi connectivity index (χ2v) is 5.02. The number of anilines is 2. The van der Waals surface area contributed by atoms with Crippen molar-refractivity contribution in [3.8, 4) is 0 Å². The van der Waals surface area contributed by atoms with Gasteiger partial charge in [-0.1, -0.05) is 0 Å². The second kappa shape index (κ2) is 3.67. The van der Waals surface area contributed by atoms with Gasteiger partial charge in [0, 0.05) is 39.2 Å². The average molecular weight is 239 g/mol. The predicted molar refractivity (Wildman–Crippen MR) is 78.7 cm³/mol. The Morgan fingerprint density at radius 2 is 1.28 bits per heavy atom. The van der Waals surface area contributed by atoms with E-state index in [9.17, 15) is 0 Å². The van der Waals surface area contributed by atoms with E-state index in [1.807, 2.05) is 24.3 Å². The minimum absolute atomic E-state index is 0.400. The maximum absolute atomic E-state index is 5.90. The zero-order chi connectivity index (χ0) is 12.9. The van der Waals surface area contributed by atoms with Gasteiger partial charge in [-0.2, -0.15) is 0 Å². The van der Waals surface area contributed by atoms with Crippen LogP contribution in [0.4, 0.5) is 11.4 Å². The Hall–Kier alpha value is -2.16. The predicted octanol–water partition coefficient (Wildman–Crippen LogP) is 3.54. The van der Waals surface area contributed by atoms with Gasteiger partial charge in [-0.3, -0.25) is 0 Å². The molecule has 0 saturated carbocycles. The fraction of sp³-hybridized carbons (Fsp3) is 0.200. The highest BCUT2D eigenvalue weighted by Crippen LogP contribution is 2.33. The van der Waals surface area contributed by atoms with E-state index in [0.717, 1.165) is 11.4 Å². The number of benzene rings is 2. The Labute approximate surface area is 106 Å². The lowest BCUT2D eigenvalue weighted by Gasteiger charge is -2.11. The quantitative estimate of drug-likeness (QED) is 0.638. The summed E-state index contributed by atoms with van der Waals surface area (Å²) in [7, 11) is 0. The van der Waals surface area contributed by atoms with Gasteiger partial charge in [-0.25, -0.2) is 0 Å². The molecule has 0 unspecified atom stereocenters. The lowest BCUT2D eigenvalue weighted by molar-refractivity contribution is 0.642. The summed E-state index contributed by atoms with van der Waals surface area (Å²) in [6, 6.07) is 12.5. The lowest BCUT2D eigenvalue weighted by atomic mass is 10.1. The van der Waals surface area contributed by atoms with E-state index in [1.54, 1.807) is 0 Å². The van der Waals surface area contributed by atoms with Gasteiger partial charge in [0.15, 0.2) is 0 Å². The van der Waals surface area contributed by atoms with Crippen LogP contribution in [0.5, 0.6) is 0 Å². The van der Waals surface area contributed by atoms with Gasteiger partial charge in [-0.05, 0) is 50.2 Å². The molecule has 0 radical (unpaired) electrons. The first-order valence-corrected chi connectivity index (χ1v) is 6.16. The molecule has 0 amide bonds. The largest absolute Gasteiger partial charge is 0.399 e. The number of hydrogen-bond donors (Lipinski definition) is 2. The molecule has 0 saturated heterocycles. The molecule has 0 aliphatic carbocycles. The minimum Gasteiger partial charge on any atom is -0.399 e. The van der Waals surface area contributed by atoms with Crippen LogP contribution in [-0.2, 0) is 0 Å². The highest BCUT2D eigenvalue weighted by Gasteiger charge is 2.12. The van der Waals surface area contributed by atoms with Crippen molar-refractivity contribution < 1.29 is 0 Å². The van der Waals surface area contributed by atoms with Crippen LogP contribution >= 0.6 is 0 Å². The molecule has 4 N–H and O–H groups in total. The number of nitrogens with two attached hydrogens (primary N) is 2. The molecule has 0 aliphatic heterocycles. The zero-order valence-electron chi connectivity index (χ0n) is 10.6. The summed E-state index contributed by atoms with van der Waals surface area (Å²) in [4.78, 5) is 0. The molecule has 18 heavy (non-hydrogen) atoms. The van der Waals surface area contributed by atoms with E-state index in [4.69, 9.17) is 11.5 Å². The standard InChI is InChI=1S/C15H17N3/c1-9(2)18-14-5-3-10(16)7-12(14)13-8-11(17)4-6-15(13)18/h3-9H,16-17H2,1-2H3. The highest BCUT2D eigenvalue weighted by molar-refractivity contribution is 6.10. The fourth-order valence-electron chi connectivity index (χ4n) is 2.65. The van der Waals surface area contributed by atoms with E-state index in [1.165, 1.54) is 21.8 Å². The van der Waals surface area contributed by atoms with Crippen LogP contribution in [0.2, 0.25) is 0 Å². The van der Waals surface area contributed by atoms with Gasteiger partial charge in [0.2, 0.25) is 0 Å². The Kier molecular flexibility index (Phi) is 2.23. The van der Waals surface area contributed by atoms with Gasteiger partial charge in [0.25, 0.3) is 0 Å². The Balaban J connectivity index is 2.56. The van der Waals surface area contributed by atoms with Crippen LogP contribution in [0.3, 0.4) is 0 Å². The first kappa shape index (κ1) is 11.0. The van der Waals surface area contributed by atoms with Crippen LogP contribution in [0.1, 0.15) is 19.9 Å². The van der Waals surface area contributed by atoms with Crippen molar-refractivity contribution in [1.82, 2.24) is 4.57 Å². The van der Waals surface area contributed by atoms with Crippen LogP contribution in [0.15, 0.2) is 36.4 Å². The van der Waals surface area contributed by atoms with Gasteiger partial charge in [0.05, 0.1) is 0 Å². The van der Waals surface area contributed by atoms with E-state index in [0.29, 0.717) is 6.04 Å². The number of nitrogens with zero attached hydrogens (tertiary/aromatic N) is 1. The molecule has 1 heterocycles. The van der Waals surface area contributed by atoms with Gasteiger partial charge < -0.3 is 16.0 Å². The maximum Gasteiger partial charge on any atom is 0.0495 e. The Bertz CT molecular complexity index is 679. The SMILES string of the molecule is CC(C)n1c2ccc(N)cc2c2cc(N)ccc21. The summed E-state index contributed by atoms with van der Waals surface area (Å²) in [5, 5.41) is 2.34. The third-order valence-corrected chi connectivity index (χ3v) is 3.37. The Morgan fingerprint density at radius 1 is 0.833 bits per heavy atom. The molecule has 3 aromatic rings. The molecule has 0 aliphatic rings. The molecule has 92 valence electrons. The summed E-state index contributed by atoms with van der Waals surface area (Å²) >= 11 is 0. The number of hydrogen-bond acceptors (Lipinski definition) is 2. The number of nitrogen functional groups attached to an aromatic ring is 2.